The maximum atomic E-state index is 14.6. The Hall–Kier alpha value is -5.79. The number of nitro groups is 1. The summed E-state index contributed by atoms with van der Waals surface area (Å²) in [6.45, 7) is 0.234. The third kappa shape index (κ3) is 11.0. The summed E-state index contributed by atoms with van der Waals surface area (Å²) in [6.07, 6.45) is 0.264. The van der Waals surface area contributed by atoms with Gasteiger partial charge in [0.1, 0.15) is 6.04 Å². The Labute approximate surface area is 266 Å². The van der Waals surface area contributed by atoms with Crippen molar-refractivity contribution in [1.29, 1.82) is 0 Å². The van der Waals surface area contributed by atoms with Crippen molar-refractivity contribution in [3.05, 3.63) is 117 Å². The van der Waals surface area contributed by atoms with E-state index in [1.165, 1.54) is 4.90 Å². The van der Waals surface area contributed by atoms with Gasteiger partial charge in [-0.3, -0.25) is 19.2 Å². The van der Waals surface area contributed by atoms with Crippen LogP contribution in [0.2, 0.25) is 0 Å². The fourth-order valence-electron chi connectivity index (χ4n) is 4.90. The number of hydrogen-bond donors (Lipinski definition) is 5. The number of hydrogen-bond acceptors (Lipinski definition) is 7. The zero-order valence-electron chi connectivity index (χ0n) is 25.2. The highest BCUT2D eigenvalue weighted by Gasteiger charge is 2.34. The van der Waals surface area contributed by atoms with Gasteiger partial charge in [-0.25, -0.2) is 15.1 Å². The van der Waals surface area contributed by atoms with Gasteiger partial charge in [-0.1, -0.05) is 90.4 Å². The first-order valence-electron chi connectivity index (χ1n) is 14.6. The lowest BCUT2D eigenvalue weighted by molar-refractivity contribution is -0.525. The summed E-state index contributed by atoms with van der Waals surface area (Å²) in [4.78, 5) is 66.6. The van der Waals surface area contributed by atoms with Crippen molar-refractivity contribution in [1.82, 2.24) is 15.6 Å². The Morgan fingerprint density at radius 1 is 0.848 bits per heavy atom. The van der Waals surface area contributed by atoms with Gasteiger partial charge in [0.25, 0.3) is 5.96 Å². The number of carbonyl (C=O) groups is 4. The van der Waals surface area contributed by atoms with Gasteiger partial charge in [0, 0.05) is 32.5 Å². The fraction of sp³-hybridized carbons (Fsp3) is 0.281. The van der Waals surface area contributed by atoms with Crippen LogP contribution in [0.5, 0.6) is 0 Å². The van der Waals surface area contributed by atoms with Gasteiger partial charge in [-0.2, -0.15) is 0 Å². The Morgan fingerprint density at radius 2 is 1.46 bits per heavy atom. The average molecular weight is 631 g/mol. The van der Waals surface area contributed by atoms with Gasteiger partial charge in [-0.15, -0.1) is 0 Å². The Bertz CT molecular complexity index is 1490. The topological polar surface area (TPSA) is 229 Å². The largest absolute Gasteiger partial charge is 0.370 e. The summed E-state index contributed by atoms with van der Waals surface area (Å²) < 4.78 is 0. The normalized spacial score (nSPS) is 11.8. The number of nitrogens with zero attached hydrogens (tertiary/aromatic N) is 3. The third-order valence-electron chi connectivity index (χ3n) is 7.06. The summed E-state index contributed by atoms with van der Waals surface area (Å²) in [6, 6.07) is 24.5. The van der Waals surface area contributed by atoms with Gasteiger partial charge in [0.15, 0.2) is 5.03 Å². The predicted molar refractivity (Wildman–Crippen MR) is 171 cm³/mol. The van der Waals surface area contributed by atoms with E-state index >= 15 is 0 Å². The van der Waals surface area contributed by atoms with E-state index < -0.39 is 28.8 Å². The molecular weight excluding hydrogens is 592 g/mol. The minimum absolute atomic E-state index is 0.0142. The van der Waals surface area contributed by atoms with Gasteiger partial charge in [0.05, 0.1) is 5.92 Å². The number of guanidine groups is 1. The molecule has 14 nitrogen and oxygen atoms in total. The molecule has 3 aromatic rings. The number of carbonyl (C=O) groups excluding carboxylic acids is 4. The molecule has 0 aromatic heterocycles. The molecule has 0 aliphatic heterocycles. The highest BCUT2D eigenvalue weighted by Crippen LogP contribution is 2.29. The summed E-state index contributed by atoms with van der Waals surface area (Å²) in [5, 5.41) is 12.5. The maximum Gasteiger partial charge on any atom is 0.251 e. The molecule has 0 saturated heterocycles. The number of amides is 4. The van der Waals surface area contributed by atoms with Crippen LogP contribution in [0.25, 0.3) is 0 Å². The van der Waals surface area contributed by atoms with Crippen LogP contribution in [-0.2, 0) is 32.3 Å². The third-order valence-corrected chi connectivity index (χ3v) is 7.06. The molecule has 242 valence electrons. The van der Waals surface area contributed by atoms with Crippen LogP contribution in [0.1, 0.15) is 53.9 Å². The van der Waals surface area contributed by atoms with Gasteiger partial charge in [0.2, 0.25) is 23.6 Å². The summed E-state index contributed by atoms with van der Waals surface area (Å²) in [7, 11) is 0. The molecule has 0 aliphatic carbocycles. The highest BCUT2D eigenvalue weighted by atomic mass is 16.7. The number of benzene rings is 3. The first kappa shape index (κ1) is 34.7. The van der Waals surface area contributed by atoms with Gasteiger partial charge in [-0.05, 0) is 35.1 Å². The number of hydrazine groups is 1. The molecule has 0 spiro atoms. The molecule has 8 N–H and O–H groups in total. The Kier molecular flexibility index (Phi) is 13.2. The van der Waals surface area contributed by atoms with Crippen LogP contribution < -0.4 is 27.9 Å². The van der Waals surface area contributed by atoms with Crippen molar-refractivity contribution in [2.45, 2.75) is 50.7 Å². The molecule has 0 radical (unpaired) electrons. The molecule has 0 unspecified atom stereocenters. The van der Waals surface area contributed by atoms with Crippen molar-refractivity contribution in [2.75, 3.05) is 6.54 Å². The highest BCUT2D eigenvalue weighted by molar-refractivity contribution is 5.92. The van der Waals surface area contributed by atoms with E-state index in [2.05, 4.69) is 10.3 Å². The number of rotatable bonds is 17. The smallest absolute Gasteiger partial charge is 0.251 e. The Morgan fingerprint density at radius 3 is 2.02 bits per heavy atom. The average Bonchev–Trinajstić information content (AvgIpc) is 3.02. The predicted octanol–water partition coefficient (Wildman–Crippen LogP) is 1.46. The number of nitrogens with two attached hydrogens (primary N) is 3. The van der Waals surface area contributed by atoms with E-state index in [1.807, 2.05) is 60.7 Å². The number of aliphatic imine (C=N–C) groups is 1. The van der Waals surface area contributed by atoms with E-state index in [4.69, 9.17) is 17.2 Å². The molecule has 3 aromatic carbocycles. The van der Waals surface area contributed by atoms with Gasteiger partial charge >= 0.3 is 0 Å². The molecule has 14 heteroatoms. The minimum atomic E-state index is -1.06. The standard InChI is InChI=1S/C32H38N8O6/c33-27(41)16-17-28(42)37-20-22-9-7-10-23(19-22)21-39(26(30(34)43)15-8-18-36-32(35)38-40(45)46)31(44)29(24-11-3-1-4-12-24)25-13-5-2-6-14-25/h1-7,9-14,19,26,29H,8,15-18,20-21H2,(H2,33,41)(H2,34,43)(H,37,42)(H3,35,36,38)/t26-/m1/s1. The van der Waals surface area contributed by atoms with Crippen LogP contribution in [0, 0.1) is 10.1 Å². The molecule has 0 bridgehead atoms. The van der Waals surface area contributed by atoms with E-state index in [-0.39, 0.29) is 63.1 Å². The minimum Gasteiger partial charge on any atom is -0.370 e. The number of primary amides is 2. The summed E-state index contributed by atoms with van der Waals surface area (Å²) in [5.74, 6) is -3.13. The first-order chi connectivity index (χ1) is 22.0. The monoisotopic (exact) mass is 630 g/mol. The maximum absolute atomic E-state index is 14.6. The second kappa shape index (κ2) is 17.5. The molecule has 0 heterocycles. The second-order valence-electron chi connectivity index (χ2n) is 10.5. The van der Waals surface area contributed by atoms with Crippen molar-refractivity contribution in [2.24, 2.45) is 22.2 Å². The molecule has 0 fully saturated rings. The SMILES string of the molecule is NC(=O)CCC(=O)NCc1cccc(CN(C(=O)C(c2ccccc2)c2ccccc2)[C@H](CCCN=C(N)N[N+](=O)[O-])C(N)=O)c1. The zero-order chi connectivity index (χ0) is 33.5. The second-order valence-corrected chi connectivity index (χ2v) is 10.5. The lowest BCUT2D eigenvalue weighted by Gasteiger charge is -2.33. The molecule has 0 saturated carbocycles. The van der Waals surface area contributed by atoms with E-state index in [1.54, 1.807) is 29.7 Å². The van der Waals surface area contributed by atoms with Crippen LogP contribution in [-0.4, -0.2) is 52.1 Å². The van der Waals surface area contributed by atoms with Crippen LogP contribution in [0.4, 0.5) is 0 Å². The van der Waals surface area contributed by atoms with Crippen molar-refractivity contribution < 1.29 is 24.2 Å². The molecule has 4 amide bonds. The van der Waals surface area contributed by atoms with E-state index in [0.29, 0.717) is 5.56 Å². The van der Waals surface area contributed by atoms with E-state index in [9.17, 15) is 29.3 Å². The zero-order valence-corrected chi connectivity index (χ0v) is 25.2. The van der Waals surface area contributed by atoms with Crippen molar-refractivity contribution >= 4 is 29.6 Å². The van der Waals surface area contributed by atoms with Crippen molar-refractivity contribution in [3.8, 4) is 0 Å². The van der Waals surface area contributed by atoms with Gasteiger partial charge < -0.3 is 27.4 Å². The summed E-state index contributed by atoms with van der Waals surface area (Å²) >= 11 is 0. The first-order valence-corrected chi connectivity index (χ1v) is 14.6. The lowest BCUT2D eigenvalue weighted by atomic mass is 9.89. The Balaban J connectivity index is 1.94. The molecule has 0 aliphatic rings. The quantitative estimate of drug-likeness (QED) is 0.0481. The van der Waals surface area contributed by atoms with Crippen LogP contribution >= 0.6 is 0 Å². The van der Waals surface area contributed by atoms with E-state index in [0.717, 1.165) is 16.7 Å². The van der Waals surface area contributed by atoms with Crippen LogP contribution in [0.15, 0.2) is 89.9 Å². The lowest BCUT2D eigenvalue weighted by Crippen LogP contribution is -2.49. The fourth-order valence-corrected chi connectivity index (χ4v) is 4.90. The molecule has 3 rings (SSSR count). The number of nitrogens with one attached hydrogen (secondary N) is 2. The molecule has 1 atom stereocenters. The van der Waals surface area contributed by atoms with Crippen LogP contribution in [0.3, 0.4) is 0 Å². The van der Waals surface area contributed by atoms with Crippen molar-refractivity contribution in [3.63, 3.8) is 0 Å². The molecule has 46 heavy (non-hydrogen) atoms. The molecular formula is C32H38N8O6. The summed E-state index contributed by atoms with van der Waals surface area (Å²) in [5.41, 5.74) is 21.2.